The second-order valence-electron chi connectivity index (χ2n) is 4.55. The van der Waals surface area contributed by atoms with E-state index in [0.29, 0.717) is 24.9 Å². The molecule has 3 nitrogen and oxygen atoms in total. The molecule has 0 saturated carbocycles. The molecule has 0 bridgehead atoms. The van der Waals surface area contributed by atoms with Crippen molar-refractivity contribution >= 4 is 5.91 Å². The van der Waals surface area contributed by atoms with E-state index in [1.54, 1.807) is 18.2 Å². The van der Waals surface area contributed by atoms with Crippen LogP contribution in [0.4, 0.5) is 4.39 Å². The third kappa shape index (κ3) is 3.95. The lowest BCUT2D eigenvalue weighted by Gasteiger charge is -2.05. The molecule has 1 amide bonds. The molecule has 0 saturated heterocycles. The smallest absolute Gasteiger partial charge is 0.224 e. The summed E-state index contributed by atoms with van der Waals surface area (Å²) in [5.41, 5.74) is 1.61. The summed E-state index contributed by atoms with van der Waals surface area (Å²) >= 11 is 0. The van der Waals surface area contributed by atoms with Crippen LogP contribution in [-0.4, -0.2) is 17.0 Å². The predicted octanol–water partition coefficient (Wildman–Crippen LogP) is 2.07. The van der Waals surface area contributed by atoms with E-state index < -0.39 is 0 Å². The largest absolute Gasteiger partial charge is 0.357 e. The Balaban J connectivity index is 1.77. The number of nitrogens with one attached hydrogen (secondary N) is 1. The Morgan fingerprint density at radius 2 is 2.11 bits per heavy atom. The van der Waals surface area contributed by atoms with Gasteiger partial charge in [0.1, 0.15) is 5.82 Å². The van der Waals surface area contributed by atoms with Gasteiger partial charge in [-0.2, -0.15) is 0 Å². The fourth-order valence-corrected chi connectivity index (χ4v) is 1.95. The maximum Gasteiger partial charge on any atom is 0.224 e. The number of rotatable bonds is 5. The maximum atomic E-state index is 13.3. The summed E-state index contributed by atoms with van der Waals surface area (Å²) in [5, 5.41) is 2.80. The van der Waals surface area contributed by atoms with E-state index in [2.05, 4.69) is 5.32 Å². The van der Waals surface area contributed by atoms with Crippen molar-refractivity contribution in [2.75, 3.05) is 6.54 Å². The molecule has 2 rings (SSSR count). The molecule has 0 radical (unpaired) electrons. The van der Waals surface area contributed by atoms with E-state index in [1.165, 1.54) is 6.07 Å². The second-order valence-corrected chi connectivity index (χ2v) is 4.55. The number of amides is 1. The Morgan fingerprint density at radius 1 is 1.32 bits per heavy atom. The van der Waals surface area contributed by atoms with Crippen molar-refractivity contribution in [1.82, 2.24) is 9.88 Å². The average Bonchev–Trinajstić information content (AvgIpc) is 2.77. The van der Waals surface area contributed by atoms with E-state index in [-0.39, 0.29) is 11.7 Å². The second kappa shape index (κ2) is 6.18. The number of carbonyl (C=O) groups excluding carboxylic acids is 1. The molecule has 1 heterocycles. The highest BCUT2D eigenvalue weighted by molar-refractivity contribution is 5.78. The molecule has 0 aliphatic rings. The number of hydrogen-bond acceptors (Lipinski definition) is 1. The standard InChI is InChI=1S/C15H17FN2O/c1-18-9-7-12(11-18)10-15(19)17-8-6-13-4-2-3-5-14(13)16/h2-5,7,9,11H,6,8,10H2,1H3,(H,17,19). The maximum absolute atomic E-state index is 13.3. The van der Waals surface area contributed by atoms with E-state index in [4.69, 9.17) is 0 Å². The fourth-order valence-electron chi connectivity index (χ4n) is 1.95. The minimum absolute atomic E-state index is 0.0393. The van der Waals surface area contributed by atoms with Crippen molar-refractivity contribution in [3.63, 3.8) is 0 Å². The summed E-state index contributed by atoms with van der Waals surface area (Å²) in [6.45, 7) is 0.451. The number of halogens is 1. The van der Waals surface area contributed by atoms with Gasteiger partial charge in [-0.05, 0) is 29.7 Å². The molecule has 0 aliphatic carbocycles. The number of benzene rings is 1. The van der Waals surface area contributed by atoms with Gasteiger partial charge in [0.15, 0.2) is 0 Å². The molecule has 1 aromatic carbocycles. The van der Waals surface area contributed by atoms with Crippen LogP contribution in [0, 0.1) is 5.82 Å². The first kappa shape index (κ1) is 13.3. The van der Waals surface area contributed by atoms with Crippen molar-refractivity contribution in [2.24, 2.45) is 7.05 Å². The molecule has 0 fully saturated rings. The molecular weight excluding hydrogens is 243 g/mol. The first-order chi connectivity index (χ1) is 9.15. The highest BCUT2D eigenvalue weighted by atomic mass is 19.1. The third-order valence-corrected chi connectivity index (χ3v) is 2.93. The Kier molecular flexibility index (Phi) is 4.34. The van der Waals surface area contributed by atoms with Gasteiger partial charge in [0.25, 0.3) is 0 Å². The lowest BCUT2D eigenvalue weighted by Crippen LogP contribution is -2.27. The summed E-state index contributed by atoms with van der Waals surface area (Å²) in [5.74, 6) is -0.262. The molecule has 2 aromatic rings. The van der Waals surface area contributed by atoms with Gasteiger partial charge in [0.05, 0.1) is 6.42 Å². The zero-order chi connectivity index (χ0) is 13.7. The van der Waals surface area contributed by atoms with Crippen LogP contribution in [-0.2, 0) is 24.7 Å². The molecule has 0 unspecified atom stereocenters. The van der Waals surface area contributed by atoms with E-state index in [9.17, 15) is 9.18 Å². The average molecular weight is 260 g/mol. The van der Waals surface area contributed by atoms with Gasteiger partial charge in [0.2, 0.25) is 5.91 Å². The van der Waals surface area contributed by atoms with Crippen LogP contribution >= 0.6 is 0 Å². The molecule has 19 heavy (non-hydrogen) atoms. The number of hydrogen-bond donors (Lipinski definition) is 1. The summed E-state index contributed by atoms with van der Waals surface area (Å²) in [6, 6.07) is 8.53. The van der Waals surface area contributed by atoms with Gasteiger partial charge in [0, 0.05) is 26.0 Å². The molecule has 1 N–H and O–H groups in total. The predicted molar refractivity (Wildman–Crippen MR) is 72.2 cm³/mol. The molecule has 0 aliphatic heterocycles. The van der Waals surface area contributed by atoms with Crippen molar-refractivity contribution in [2.45, 2.75) is 12.8 Å². The molecule has 0 atom stereocenters. The van der Waals surface area contributed by atoms with Crippen LogP contribution in [0.15, 0.2) is 42.7 Å². The van der Waals surface area contributed by atoms with Crippen molar-refractivity contribution in [1.29, 1.82) is 0 Å². The quantitative estimate of drug-likeness (QED) is 0.877. The first-order valence-electron chi connectivity index (χ1n) is 6.26. The Labute approximate surface area is 112 Å². The molecule has 1 aromatic heterocycles. The minimum atomic E-state index is -0.222. The topological polar surface area (TPSA) is 34.0 Å². The highest BCUT2D eigenvalue weighted by Gasteiger charge is 2.05. The van der Waals surface area contributed by atoms with Gasteiger partial charge >= 0.3 is 0 Å². The van der Waals surface area contributed by atoms with Crippen LogP contribution in [0.1, 0.15) is 11.1 Å². The number of aromatic nitrogens is 1. The summed E-state index contributed by atoms with van der Waals surface area (Å²) in [7, 11) is 1.92. The van der Waals surface area contributed by atoms with Gasteiger partial charge in [-0.25, -0.2) is 4.39 Å². The van der Waals surface area contributed by atoms with Crippen LogP contribution in [0.5, 0.6) is 0 Å². The van der Waals surface area contributed by atoms with E-state index >= 15 is 0 Å². The van der Waals surface area contributed by atoms with E-state index in [0.717, 1.165) is 5.56 Å². The van der Waals surface area contributed by atoms with Crippen LogP contribution in [0.2, 0.25) is 0 Å². The van der Waals surface area contributed by atoms with Gasteiger partial charge in [-0.1, -0.05) is 18.2 Å². The Morgan fingerprint density at radius 3 is 2.79 bits per heavy atom. The van der Waals surface area contributed by atoms with Crippen LogP contribution in [0.25, 0.3) is 0 Å². The van der Waals surface area contributed by atoms with Crippen LogP contribution < -0.4 is 5.32 Å². The summed E-state index contributed by atoms with van der Waals surface area (Å²) in [4.78, 5) is 11.7. The van der Waals surface area contributed by atoms with Gasteiger partial charge in [-0.15, -0.1) is 0 Å². The van der Waals surface area contributed by atoms with Gasteiger partial charge in [-0.3, -0.25) is 4.79 Å². The molecule has 4 heteroatoms. The lowest BCUT2D eigenvalue weighted by atomic mass is 10.1. The number of carbonyl (C=O) groups is 1. The highest BCUT2D eigenvalue weighted by Crippen LogP contribution is 2.06. The summed E-state index contributed by atoms with van der Waals surface area (Å²) < 4.78 is 15.3. The van der Waals surface area contributed by atoms with Crippen molar-refractivity contribution < 1.29 is 9.18 Å². The number of aryl methyl sites for hydroxylation is 1. The Bertz CT molecular complexity index is 563. The Hall–Kier alpha value is -2.10. The van der Waals surface area contributed by atoms with Crippen molar-refractivity contribution in [3.05, 3.63) is 59.7 Å². The lowest BCUT2D eigenvalue weighted by molar-refractivity contribution is -0.120. The zero-order valence-corrected chi connectivity index (χ0v) is 10.9. The number of nitrogens with zero attached hydrogens (tertiary/aromatic N) is 1. The third-order valence-electron chi connectivity index (χ3n) is 2.93. The monoisotopic (exact) mass is 260 g/mol. The normalized spacial score (nSPS) is 10.4. The van der Waals surface area contributed by atoms with Crippen LogP contribution in [0.3, 0.4) is 0 Å². The molecular formula is C15H17FN2O. The summed E-state index contributed by atoms with van der Waals surface area (Å²) in [6.07, 6.45) is 4.68. The molecule has 100 valence electrons. The zero-order valence-electron chi connectivity index (χ0n) is 10.9. The fraction of sp³-hybridized carbons (Fsp3) is 0.267. The SMILES string of the molecule is Cn1ccc(CC(=O)NCCc2ccccc2F)c1. The van der Waals surface area contributed by atoms with Gasteiger partial charge < -0.3 is 9.88 Å². The first-order valence-corrected chi connectivity index (χ1v) is 6.26. The van der Waals surface area contributed by atoms with Crippen molar-refractivity contribution in [3.8, 4) is 0 Å². The minimum Gasteiger partial charge on any atom is -0.357 e. The molecule has 0 spiro atoms. The van der Waals surface area contributed by atoms with E-state index in [1.807, 2.05) is 30.1 Å².